The molecule has 3 aromatic rings. The maximum absolute atomic E-state index is 5.52. The largest absolute Gasteiger partial charge is 0.497 e. The summed E-state index contributed by atoms with van der Waals surface area (Å²) in [7, 11) is 3.34. The van der Waals surface area contributed by atoms with E-state index < -0.39 is 0 Å². The predicted octanol–water partition coefficient (Wildman–Crippen LogP) is 4.14. The van der Waals surface area contributed by atoms with Crippen LogP contribution in [0, 0.1) is 6.92 Å². The van der Waals surface area contributed by atoms with Gasteiger partial charge in [-0.3, -0.25) is 4.99 Å². The van der Waals surface area contributed by atoms with Gasteiger partial charge in [-0.25, -0.2) is 4.98 Å². The molecule has 0 spiro atoms. The minimum atomic E-state index is -0.00862. The number of hydrogen-bond acceptors (Lipinski definition) is 4. The Balaban J connectivity index is 0.00000341. The summed E-state index contributed by atoms with van der Waals surface area (Å²) < 4.78 is 12.9. The fourth-order valence-electron chi connectivity index (χ4n) is 3.39. The molecule has 0 bridgehead atoms. The lowest BCUT2D eigenvalue weighted by Gasteiger charge is -2.20. The molecule has 31 heavy (non-hydrogen) atoms. The lowest BCUT2D eigenvalue weighted by atomic mass is 10.1. The van der Waals surface area contributed by atoms with Gasteiger partial charge in [0.1, 0.15) is 17.1 Å². The van der Waals surface area contributed by atoms with Gasteiger partial charge in [0.2, 0.25) is 0 Å². The van der Waals surface area contributed by atoms with Crippen molar-refractivity contribution in [2.75, 3.05) is 27.3 Å². The van der Waals surface area contributed by atoms with Crippen molar-refractivity contribution in [3.05, 3.63) is 59.5 Å². The monoisotopic (exact) mass is 537 g/mol. The lowest BCUT2D eigenvalue weighted by Crippen LogP contribution is -2.39. The Kier molecular flexibility index (Phi) is 9.42. The van der Waals surface area contributed by atoms with Crippen LogP contribution >= 0.6 is 24.0 Å². The molecular weight excluding hydrogens is 505 g/mol. The van der Waals surface area contributed by atoms with Gasteiger partial charge in [0.05, 0.1) is 26.0 Å². The summed E-state index contributed by atoms with van der Waals surface area (Å²) in [6, 6.07) is 9.90. The van der Waals surface area contributed by atoms with Gasteiger partial charge in [-0.05, 0) is 50.6 Å². The number of benzene rings is 1. The molecule has 2 N–H and O–H groups in total. The third-order valence-electron chi connectivity index (χ3n) is 4.97. The zero-order valence-corrected chi connectivity index (χ0v) is 21.1. The quantitative estimate of drug-likeness (QED) is 0.257. The number of imidazole rings is 1. The van der Waals surface area contributed by atoms with Crippen molar-refractivity contribution in [1.29, 1.82) is 0 Å². The second-order valence-electron chi connectivity index (χ2n) is 7.14. The molecule has 7 nitrogen and oxygen atoms in total. The Labute approximate surface area is 201 Å². The number of pyridine rings is 1. The number of nitrogens with zero attached hydrogens (tertiary/aromatic N) is 3. The first-order chi connectivity index (χ1) is 14.5. The number of aryl methyl sites for hydroxylation is 1. The summed E-state index contributed by atoms with van der Waals surface area (Å²) >= 11 is 0. The summed E-state index contributed by atoms with van der Waals surface area (Å²) in [6.45, 7) is 7.63. The molecule has 0 aliphatic rings. The first kappa shape index (κ1) is 24.8. The van der Waals surface area contributed by atoms with Crippen molar-refractivity contribution in [3.8, 4) is 11.5 Å². The number of aromatic nitrogens is 2. The molecule has 2 heterocycles. The van der Waals surface area contributed by atoms with Gasteiger partial charge in [-0.15, -0.1) is 24.0 Å². The molecule has 168 valence electrons. The van der Waals surface area contributed by atoms with Gasteiger partial charge in [0.15, 0.2) is 5.96 Å². The topological polar surface area (TPSA) is 72.2 Å². The van der Waals surface area contributed by atoms with E-state index in [2.05, 4.69) is 48.1 Å². The van der Waals surface area contributed by atoms with Crippen molar-refractivity contribution >= 4 is 35.6 Å². The van der Waals surface area contributed by atoms with Crippen molar-refractivity contribution in [2.24, 2.45) is 4.99 Å². The van der Waals surface area contributed by atoms with Crippen molar-refractivity contribution in [3.63, 3.8) is 0 Å². The van der Waals surface area contributed by atoms with Crippen LogP contribution in [0.15, 0.2) is 47.7 Å². The second kappa shape index (κ2) is 11.8. The molecule has 0 fully saturated rings. The fourth-order valence-corrected chi connectivity index (χ4v) is 3.39. The summed E-state index contributed by atoms with van der Waals surface area (Å²) in [5.74, 6) is 2.37. The molecule has 0 saturated carbocycles. The number of rotatable bonds is 8. The number of halogens is 1. The number of nitrogens with one attached hydrogen (secondary N) is 2. The van der Waals surface area contributed by atoms with Crippen molar-refractivity contribution < 1.29 is 9.47 Å². The average molecular weight is 537 g/mol. The molecule has 0 radical (unpaired) electrons. The molecule has 1 atom stereocenters. The molecule has 0 saturated heterocycles. The van der Waals surface area contributed by atoms with Crippen LogP contribution in [0.2, 0.25) is 0 Å². The van der Waals surface area contributed by atoms with E-state index in [0.29, 0.717) is 6.54 Å². The summed E-state index contributed by atoms with van der Waals surface area (Å²) in [5.41, 5.74) is 4.22. The second-order valence-corrected chi connectivity index (χ2v) is 7.14. The molecule has 8 heteroatoms. The van der Waals surface area contributed by atoms with Crippen LogP contribution in [0.4, 0.5) is 0 Å². The van der Waals surface area contributed by atoms with Crippen LogP contribution in [-0.2, 0) is 6.42 Å². The van der Waals surface area contributed by atoms with Gasteiger partial charge < -0.3 is 24.5 Å². The fraction of sp³-hybridized carbons (Fsp3) is 0.391. The minimum absolute atomic E-state index is 0. The highest BCUT2D eigenvalue weighted by molar-refractivity contribution is 14.0. The maximum Gasteiger partial charge on any atom is 0.191 e. The number of ether oxygens (including phenoxy) is 2. The molecule has 3 rings (SSSR count). The first-order valence-corrected chi connectivity index (χ1v) is 10.3. The van der Waals surface area contributed by atoms with Gasteiger partial charge in [0.25, 0.3) is 0 Å². The SMILES string of the molecule is CCNC(=NCCc1cn2cccc(C)c2n1)NC(C)c1cc(OC)ccc1OC.I. The highest BCUT2D eigenvalue weighted by Crippen LogP contribution is 2.29. The Bertz CT molecular complexity index is 1020. The number of guanidine groups is 1. The Morgan fingerprint density at radius 3 is 2.71 bits per heavy atom. The van der Waals surface area contributed by atoms with E-state index in [1.54, 1.807) is 14.2 Å². The third kappa shape index (κ3) is 6.25. The van der Waals surface area contributed by atoms with E-state index in [0.717, 1.165) is 47.3 Å². The number of methoxy groups -OCH3 is 2. The molecule has 1 aromatic carbocycles. The smallest absolute Gasteiger partial charge is 0.191 e. The zero-order valence-electron chi connectivity index (χ0n) is 18.8. The van der Waals surface area contributed by atoms with Gasteiger partial charge in [0, 0.05) is 37.5 Å². The van der Waals surface area contributed by atoms with E-state index in [1.165, 1.54) is 5.56 Å². The van der Waals surface area contributed by atoms with Crippen LogP contribution in [0.25, 0.3) is 5.65 Å². The van der Waals surface area contributed by atoms with Crippen LogP contribution < -0.4 is 20.1 Å². The van der Waals surface area contributed by atoms with E-state index in [1.807, 2.05) is 30.5 Å². The molecule has 1 unspecified atom stereocenters. The Morgan fingerprint density at radius 1 is 1.23 bits per heavy atom. The zero-order chi connectivity index (χ0) is 21.5. The van der Waals surface area contributed by atoms with Crippen LogP contribution in [0.5, 0.6) is 11.5 Å². The third-order valence-corrected chi connectivity index (χ3v) is 4.97. The molecule has 2 aromatic heterocycles. The van der Waals surface area contributed by atoms with E-state index in [4.69, 9.17) is 19.5 Å². The van der Waals surface area contributed by atoms with Crippen molar-refractivity contribution in [1.82, 2.24) is 20.0 Å². The number of fused-ring (bicyclic) bond motifs is 1. The number of hydrogen-bond donors (Lipinski definition) is 2. The maximum atomic E-state index is 5.52. The predicted molar refractivity (Wildman–Crippen MR) is 136 cm³/mol. The van der Waals surface area contributed by atoms with E-state index in [9.17, 15) is 0 Å². The van der Waals surface area contributed by atoms with Crippen molar-refractivity contribution in [2.45, 2.75) is 33.2 Å². The molecule has 0 amide bonds. The summed E-state index contributed by atoms with van der Waals surface area (Å²) in [4.78, 5) is 9.47. The molecular formula is C23H32IN5O2. The van der Waals surface area contributed by atoms with Gasteiger partial charge in [-0.2, -0.15) is 0 Å². The highest BCUT2D eigenvalue weighted by atomic mass is 127. The van der Waals surface area contributed by atoms with Crippen LogP contribution in [0.1, 0.15) is 36.7 Å². The molecule has 0 aliphatic carbocycles. The van der Waals surface area contributed by atoms with Crippen LogP contribution in [0.3, 0.4) is 0 Å². The minimum Gasteiger partial charge on any atom is -0.497 e. The lowest BCUT2D eigenvalue weighted by molar-refractivity contribution is 0.394. The normalized spacial score (nSPS) is 12.2. The summed E-state index contributed by atoms with van der Waals surface area (Å²) in [5, 5.41) is 6.77. The first-order valence-electron chi connectivity index (χ1n) is 10.3. The summed E-state index contributed by atoms with van der Waals surface area (Å²) in [6.07, 6.45) is 4.87. The van der Waals surface area contributed by atoms with Gasteiger partial charge in [-0.1, -0.05) is 6.07 Å². The Morgan fingerprint density at radius 2 is 2.03 bits per heavy atom. The Hall–Kier alpha value is -2.49. The van der Waals surface area contributed by atoms with Gasteiger partial charge >= 0.3 is 0 Å². The van der Waals surface area contributed by atoms with E-state index in [-0.39, 0.29) is 30.0 Å². The highest BCUT2D eigenvalue weighted by Gasteiger charge is 2.14. The van der Waals surface area contributed by atoms with Crippen LogP contribution in [-0.4, -0.2) is 42.7 Å². The number of aliphatic imine (C=N–C) groups is 1. The average Bonchev–Trinajstić information content (AvgIpc) is 3.17. The van der Waals surface area contributed by atoms with E-state index >= 15 is 0 Å². The standard InChI is InChI=1S/C23H31N5O2.HI/c1-6-24-23(26-17(3)20-14-19(29-4)9-10-21(20)30-5)25-12-11-18-15-28-13-7-8-16(2)22(28)27-18;/h7-10,13-15,17H,6,11-12H2,1-5H3,(H2,24,25,26);1H. The molecule has 0 aliphatic heterocycles.